The number of unbranched alkanes of at least 4 members (excludes halogenated alkanes) is 2. The molecule has 0 aromatic rings. The van der Waals surface area contributed by atoms with Crippen molar-refractivity contribution >= 4 is 35.7 Å². The van der Waals surface area contributed by atoms with Crippen LogP contribution in [0.25, 0.3) is 0 Å². The molecule has 0 bridgehead atoms. The van der Waals surface area contributed by atoms with E-state index in [0.717, 1.165) is 19.3 Å². The predicted octanol–water partition coefficient (Wildman–Crippen LogP) is 2.57. The van der Waals surface area contributed by atoms with Crippen LogP contribution in [0, 0.1) is 5.92 Å². The summed E-state index contributed by atoms with van der Waals surface area (Å²) >= 11 is 1.56. The average molecular weight is 356 g/mol. The lowest BCUT2D eigenvalue weighted by Gasteiger charge is -2.15. The Kier molecular flexibility index (Phi) is 9.03. The third kappa shape index (κ3) is 7.47. The molecule has 0 saturated carbocycles. The summed E-state index contributed by atoms with van der Waals surface area (Å²) in [6.45, 7) is 8.49. The van der Waals surface area contributed by atoms with Gasteiger partial charge in [0.25, 0.3) is 0 Å². The van der Waals surface area contributed by atoms with Crippen molar-refractivity contribution in [3.8, 4) is 0 Å². The number of rotatable bonds is 10. The number of nitrogens with zero attached hydrogens (tertiary/aromatic N) is 2. The van der Waals surface area contributed by atoms with Gasteiger partial charge in [0.15, 0.2) is 0 Å². The molecule has 136 valence electrons. The van der Waals surface area contributed by atoms with Gasteiger partial charge in [-0.2, -0.15) is 5.10 Å². The number of nitrogens with one attached hydrogen (secondary N) is 1. The molecular formula is C17H29N3O3S. The zero-order chi connectivity index (χ0) is 18.1. The zero-order valence-corrected chi connectivity index (χ0v) is 15.9. The van der Waals surface area contributed by atoms with Gasteiger partial charge in [0.1, 0.15) is 0 Å². The van der Waals surface area contributed by atoms with Crippen LogP contribution < -0.4 is 5.43 Å². The fourth-order valence-electron chi connectivity index (χ4n) is 2.37. The molecule has 7 heteroatoms. The normalized spacial score (nSPS) is 18.4. The number of carbonyl (C=O) groups excluding carboxylic acids is 3. The molecule has 1 heterocycles. The Morgan fingerprint density at radius 1 is 1.29 bits per heavy atom. The van der Waals surface area contributed by atoms with Crippen LogP contribution in [0.2, 0.25) is 0 Å². The number of hydrogen-bond donors (Lipinski definition) is 1. The summed E-state index contributed by atoms with van der Waals surface area (Å²) in [5.74, 6) is 0.0746. The maximum absolute atomic E-state index is 12.2. The first kappa shape index (κ1) is 20.7. The lowest BCUT2D eigenvalue weighted by atomic mass is 10.2. The van der Waals surface area contributed by atoms with Gasteiger partial charge in [-0.05, 0) is 24.0 Å². The van der Waals surface area contributed by atoms with Crippen molar-refractivity contribution in [3.05, 3.63) is 0 Å². The second-order valence-electron chi connectivity index (χ2n) is 6.63. The Labute approximate surface area is 148 Å². The standard InChI is InChI=1S/C17H29N3O3S/c1-12(2)11-18-19-15(21)8-6-5-7-9-20-16(22)10-14(17(20)23)24-13(3)4/h11-14H,5-10H2,1-4H3,(H,19,21)/b18-11+. The van der Waals surface area contributed by atoms with Crippen molar-refractivity contribution in [3.63, 3.8) is 0 Å². The van der Waals surface area contributed by atoms with Gasteiger partial charge in [-0.3, -0.25) is 19.3 Å². The highest BCUT2D eigenvalue weighted by molar-refractivity contribution is 8.01. The molecule has 1 atom stereocenters. The number of thioether (sulfide) groups is 1. The Hall–Kier alpha value is -1.37. The molecule has 1 N–H and O–H groups in total. The van der Waals surface area contributed by atoms with Crippen LogP contribution in [-0.4, -0.2) is 45.9 Å². The lowest BCUT2D eigenvalue weighted by Crippen LogP contribution is -2.32. The molecule has 3 amide bonds. The van der Waals surface area contributed by atoms with Crippen LogP contribution in [0.15, 0.2) is 5.10 Å². The van der Waals surface area contributed by atoms with Gasteiger partial charge in [-0.1, -0.05) is 34.1 Å². The highest BCUT2D eigenvalue weighted by Crippen LogP contribution is 2.28. The topological polar surface area (TPSA) is 78.8 Å². The minimum absolute atomic E-state index is 0.0561. The Bertz CT molecular complexity index is 478. The largest absolute Gasteiger partial charge is 0.282 e. The molecule has 0 spiro atoms. The molecule has 1 unspecified atom stereocenters. The fraction of sp³-hybridized carbons (Fsp3) is 0.765. The van der Waals surface area contributed by atoms with Crippen LogP contribution in [0.1, 0.15) is 59.8 Å². The smallest absolute Gasteiger partial charge is 0.242 e. The second kappa shape index (κ2) is 10.5. The van der Waals surface area contributed by atoms with Crippen LogP contribution in [0.4, 0.5) is 0 Å². The third-order valence-corrected chi connectivity index (χ3v) is 4.73. The molecule has 1 saturated heterocycles. The molecule has 0 aromatic carbocycles. The van der Waals surface area contributed by atoms with Gasteiger partial charge in [0.2, 0.25) is 17.7 Å². The molecule has 24 heavy (non-hydrogen) atoms. The number of likely N-dealkylation sites (tertiary alicyclic amines) is 1. The molecule has 1 fully saturated rings. The van der Waals surface area contributed by atoms with E-state index < -0.39 is 0 Å². The molecule has 1 aliphatic rings. The molecular weight excluding hydrogens is 326 g/mol. The minimum Gasteiger partial charge on any atom is -0.282 e. The van der Waals surface area contributed by atoms with Gasteiger partial charge >= 0.3 is 0 Å². The summed E-state index contributed by atoms with van der Waals surface area (Å²) in [5, 5.41) is 3.98. The van der Waals surface area contributed by atoms with Crippen molar-refractivity contribution in [1.82, 2.24) is 10.3 Å². The third-order valence-electron chi connectivity index (χ3n) is 3.49. The van der Waals surface area contributed by atoms with E-state index in [1.54, 1.807) is 18.0 Å². The van der Waals surface area contributed by atoms with Crippen molar-refractivity contribution in [2.75, 3.05) is 6.54 Å². The number of hydrogen-bond acceptors (Lipinski definition) is 5. The molecule has 0 aliphatic carbocycles. The summed E-state index contributed by atoms with van der Waals surface area (Å²) in [5.41, 5.74) is 2.49. The van der Waals surface area contributed by atoms with Crippen LogP contribution in [0.5, 0.6) is 0 Å². The Morgan fingerprint density at radius 3 is 2.62 bits per heavy atom. The molecule has 1 rings (SSSR count). The minimum atomic E-state index is -0.220. The Morgan fingerprint density at radius 2 is 2.00 bits per heavy atom. The van der Waals surface area contributed by atoms with Crippen LogP contribution >= 0.6 is 11.8 Å². The van der Waals surface area contributed by atoms with Crippen molar-refractivity contribution in [2.24, 2.45) is 11.0 Å². The van der Waals surface area contributed by atoms with Gasteiger partial charge in [-0.25, -0.2) is 5.43 Å². The number of amides is 3. The number of carbonyl (C=O) groups is 3. The van der Waals surface area contributed by atoms with E-state index in [1.165, 1.54) is 4.90 Å². The van der Waals surface area contributed by atoms with Crippen LogP contribution in [0.3, 0.4) is 0 Å². The van der Waals surface area contributed by atoms with E-state index in [2.05, 4.69) is 10.5 Å². The molecule has 6 nitrogen and oxygen atoms in total. The summed E-state index contributed by atoms with van der Waals surface area (Å²) in [6.07, 6.45) is 4.68. The summed E-state index contributed by atoms with van der Waals surface area (Å²) in [4.78, 5) is 37.1. The van der Waals surface area contributed by atoms with Gasteiger partial charge in [-0.15, -0.1) is 11.8 Å². The first-order valence-corrected chi connectivity index (χ1v) is 9.57. The van der Waals surface area contributed by atoms with Gasteiger partial charge < -0.3 is 0 Å². The van der Waals surface area contributed by atoms with Gasteiger partial charge in [0.05, 0.1) is 5.25 Å². The fourth-order valence-corrected chi connectivity index (χ4v) is 3.51. The monoisotopic (exact) mass is 355 g/mol. The maximum atomic E-state index is 12.2. The molecule has 0 aromatic heterocycles. The SMILES string of the molecule is CC(C)/C=N/NC(=O)CCCCCN1C(=O)CC(SC(C)C)C1=O. The highest BCUT2D eigenvalue weighted by atomic mass is 32.2. The predicted molar refractivity (Wildman–Crippen MR) is 97.8 cm³/mol. The molecule has 0 radical (unpaired) electrons. The van der Waals surface area contributed by atoms with E-state index in [1.807, 2.05) is 27.7 Å². The second-order valence-corrected chi connectivity index (χ2v) is 8.41. The van der Waals surface area contributed by atoms with E-state index in [4.69, 9.17) is 0 Å². The average Bonchev–Trinajstić information content (AvgIpc) is 2.73. The summed E-state index contributed by atoms with van der Waals surface area (Å²) in [7, 11) is 0. The van der Waals surface area contributed by atoms with E-state index in [9.17, 15) is 14.4 Å². The first-order valence-electron chi connectivity index (χ1n) is 8.63. The quantitative estimate of drug-likeness (QED) is 0.283. The zero-order valence-electron chi connectivity index (χ0n) is 15.1. The van der Waals surface area contributed by atoms with Gasteiger partial charge in [0, 0.05) is 25.6 Å². The van der Waals surface area contributed by atoms with Crippen molar-refractivity contribution in [2.45, 2.75) is 70.3 Å². The summed E-state index contributed by atoms with van der Waals surface area (Å²) < 4.78 is 0. The van der Waals surface area contributed by atoms with E-state index in [-0.39, 0.29) is 23.0 Å². The van der Waals surface area contributed by atoms with Crippen molar-refractivity contribution < 1.29 is 14.4 Å². The van der Waals surface area contributed by atoms with Crippen LogP contribution in [-0.2, 0) is 14.4 Å². The lowest BCUT2D eigenvalue weighted by molar-refractivity contribution is -0.138. The molecule has 1 aliphatic heterocycles. The maximum Gasteiger partial charge on any atom is 0.242 e. The number of imide groups is 1. The first-order chi connectivity index (χ1) is 11.3. The van der Waals surface area contributed by atoms with E-state index >= 15 is 0 Å². The summed E-state index contributed by atoms with van der Waals surface area (Å²) in [6, 6.07) is 0. The Balaban J connectivity index is 2.20. The number of hydrazone groups is 1. The highest BCUT2D eigenvalue weighted by Gasteiger charge is 2.38. The van der Waals surface area contributed by atoms with E-state index in [0.29, 0.717) is 30.6 Å². The van der Waals surface area contributed by atoms with Crippen molar-refractivity contribution in [1.29, 1.82) is 0 Å².